The molecule has 0 bridgehead atoms. The molecule has 0 amide bonds. The van der Waals surface area contributed by atoms with Gasteiger partial charge in [-0.15, -0.1) is 0 Å². The molecular formula is C27H21BrN4O3. The standard InChI is InChI=1S/C27H21BrN4O3/c28-19-10-12-20(13-11-19)32-26(34)23(25(33)31-27(32)35)24(17-6-2-1-3-7-17)29-15-14-18-16-30-22-9-5-4-8-21(18)22/h1-13,16,30,34H,14-15H2,(H,31,33,35). The van der Waals surface area contributed by atoms with Gasteiger partial charge < -0.3 is 10.1 Å². The molecule has 7 nitrogen and oxygen atoms in total. The van der Waals surface area contributed by atoms with E-state index in [4.69, 9.17) is 4.99 Å². The third kappa shape index (κ3) is 4.48. The normalized spacial score (nSPS) is 11.7. The molecule has 3 aromatic carbocycles. The zero-order valence-corrected chi connectivity index (χ0v) is 20.1. The van der Waals surface area contributed by atoms with Crippen molar-refractivity contribution >= 4 is 32.5 Å². The van der Waals surface area contributed by atoms with Crippen LogP contribution in [-0.2, 0) is 6.42 Å². The third-order valence-electron chi connectivity index (χ3n) is 5.78. The molecule has 0 fully saturated rings. The maximum Gasteiger partial charge on any atom is 0.335 e. The third-order valence-corrected chi connectivity index (χ3v) is 6.31. The minimum Gasteiger partial charge on any atom is -0.493 e. The van der Waals surface area contributed by atoms with Gasteiger partial charge in [-0.05, 0) is 42.3 Å². The number of H-pyrrole nitrogens is 2. The molecule has 5 rings (SSSR count). The Kier molecular flexibility index (Phi) is 6.20. The van der Waals surface area contributed by atoms with Gasteiger partial charge in [-0.2, -0.15) is 0 Å². The Morgan fingerprint density at radius 2 is 1.66 bits per heavy atom. The summed E-state index contributed by atoms with van der Waals surface area (Å²) >= 11 is 3.37. The summed E-state index contributed by atoms with van der Waals surface area (Å²) in [6, 6.07) is 24.0. The van der Waals surface area contributed by atoms with Crippen LogP contribution in [0, 0.1) is 0 Å². The molecule has 174 valence electrons. The zero-order chi connectivity index (χ0) is 24.4. The van der Waals surface area contributed by atoms with Gasteiger partial charge in [0.15, 0.2) is 0 Å². The van der Waals surface area contributed by atoms with E-state index in [2.05, 4.69) is 25.9 Å². The first kappa shape index (κ1) is 22.6. The summed E-state index contributed by atoms with van der Waals surface area (Å²) in [7, 11) is 0. The fraction of sp³-hybridized carbons (Fsp3) is 0.0741. The molecule has 2 heterocycles. The summed E-state index contributed by atoms with van der Waals surface area (Å²) in [5.74, 6) is -0.462. The number of hydrogen-bond donors (Lipinski definition) is 3. The lowest BCUT2D eigenvalue weighted by molar-refractivity contribution is 0.430. The maximum absolute atomic E-state index is 13.0. The number of benzene rings is 3. The largest absolute Gasteiger partial charge is 0.493 e. The second-order valence-corrected chi connectivity index (χ2v) is 8.89. The van der Waals surface area contributed by atoms with Crippen LogP contribution in [0.4, 0.5) is 0 Å². The van der Waals surface area contributed by atoms with Crippen molar-refractivity contribution < 1.29 is 5.11 Å². The van der Waals surface area contributed by atoms with Crippen molar-refractivity contribution in [3.8, 4) is 11.6 Å². The summed E-state index contributed by atoms with van der Waals surface area (Å²) in [6.07, 6.45) is 2.59. The van der Waals surface area contributed by atoms with E-state index in [1.165, 1.54) is 0 Å². The zero-order valence-electron chi connectivity index (χ0n) is 18.5. The van der Waals surface area contributed by atoms with Gasteiger partial charge in [-0.3, -0.25) is 14.8 Å². The molecule has 0 saturated heterocycles. The van der Waals surface area contributed by atoms with Crippen LogP contribution in [0.2, 0.25) is 0 Å². The number of nitrogens with zero attached hydrogens (tertiary/aromatic N) is 2. The molecule has 0 unspecified atom stereocenters. The van der Waals surface area contributed by atoms with E-state index in [1.54, 1.807) is 24.3 Å². The Morgan fingerprint density at radius 3 is 2.43 bits per heavy atom. The van der Waals surface area contributed by atoms with Crippen LogP contribution < -0.4 is 11.2 Å². The number of para-hydroxylation sites is 1. The highest BCUT2D eigenvalue weighted by molar-refractivity contribution is 9.10. The fourth-order valence-corrected chi connectivity index (χ4v) is 4.37. The second kappa shape index (κ2) is 9.60. The van der Waals surface area contributed by atoms with Crippen molar-refractivity contribution in [1.29, 1.82) is 0 Å². The highest BCUT2D eigenvalue weighted by Crippen LogP contribution is 2.22. The van der Waals surface area contributed by atoms with Gasteiger partial charge in [0, 0.05) is 33.7 Å². The van der Waals surface area contributed by atoms with Gasteiger partial charge >= 0.3 is 5.69 Å². The minimum atomic E-state index is -0.732. The Bertz CT molecular complexity index is 1650. The topological polar surface area (TPSA) is 103 Å². The van der Waals surface area contributed by atoms with Crippen molar-refractivity contribution in [3.05, 3.63) is 127 Å². The molecule has 3 N–H and O–H groups in total. The predicted octanol–water partition coefficient (Wildman–Crippen LogP) is 4.56. The summed E-state index contributed by atoms with van der Waals surface area (Å²) in [4.78, 5) is 35.9. The summed E-state index contributed by atoms with van der Waals surface area (Å²) in [5.41, 5.74) is 2.06. The average molecular weight is 529 g/mol. The number of hydrogen-bond acceptors (Lipinski definition) is 4. The van der Waals surface area contributed by atoms with E-state index in [-0.39, 0.29) is 5.56 Å². The lowest BCUT2D eigenvalue weighted by Gasteiger charge is -2.14. The maximum atomic E-state index is 13.0. The summed E-state index contributed by atoms with van der Waals surface area (Å²) in [6.45, 7) is 0.377. The van der Waals surface area contributed by atoms with Crippen LogP contribution >= 0.6 is 15.9 Å². The molecule has 0 aliphatic carbocycles. The number of aromatic hydroxyl groups is 1. The Balaban J connectivity index is 1.61. The Labute approximate surface area is 208 Å². The van der Waals surface area contributed by atoms with Crippen molar-refractivity contribution in [2.24, 2.45) is 4.99 Å². The quantitative estimate of drug-likeness (QED) is 0.281. The van der Waals surface area contributed by atoms with Crippen molar-refractivity contribution in [2.75, 3.05) is 6.54 Å². The second-order valence-electron chi connectivity index (χ2n) is 7.98. The minimum absolute atomic E-state index is 0.0577. The van der Waals surface area contributed by atoms with Crippen LogP contribution in [0.25, 0.3) is 16.6 Å². The first-order valence-electron chi connectivity index (χ1n) is 11.0. The first-order chi connectivity index (χ1) is 17.0. The van der Waals surface area contributed by atoms with Gasteiger partial charge in [-0.1, -0.05) is 64.5 Å². The average Bonchev–Trinajstić information content (AvgIpc) is 3.27. The van der Waals surface area contributed by atoms with Crippen LogP contribution in [0.1, 0.15) is 16.7 Å². The van der Waals surface area contributed by atoms with Crippen molar-refractivity contribution in [1.82, 2.24) is 14.5 Å². The molecule has 0 aliphatic rings. The number of halogens is 1. The number of aromatic nitrogens is 3. The number of nitrogens with one attached hydrogen (secondary N) is 2. The molecule has 2 aromatic heterocycles. The predicted molar refractivity (Wildman–Crippen MR) is 141 cm³/mol. The lowest BCUT2D eigenvalue weighted by Crippen LogP contribution is -2.33. The van der Waals surface area contributed by atoms with Crippen LogP contribution in [0.5, 0.6) is 5.88 Å². The van der Waals surface area contributed by atoms with E-state index >= 15 is 0 Å². The van der Waals surface area contributed by atoms with Gasteiger partial charge in [0.1, 0.15) is 5.56 Å². The first-order valence-corrected chi connectivity index (χ1v) is 11.8. The highest BCUT2D eigenvalue weighted by atomic mass is 79.9. The lowest BCUT2D eigenvalue weighted by atomic mass is 10.0. The van der Waals surface area contributed by atoms with E-state index < -0.39 is 17.1 Å². The fourth-order valence-electron chi connectivity index (χ4n) is 4.11. The molecule has 35 heavy (non-hydrogen) atoms. The Morgan fingerprint density at radius 1 is 0.943 bits per heavy atom. The number of aromatic amines is 2. The van der Waals surface area contributed by atoms with E-state index in [1.807, 2.05) is 60.8 Å². The number of rotatable bonds is 6. The van der Waals surface area contributed by atoms with E-state index in [0.717, 1.165) is 25.5 Å². The number of fused-ring (bicyclic) bond motifs is 1. The molecular weight excluding hydrogens is 508 g/mol. The monoisotopic (exact) mass is 528 g/mol. The van der Waals surface area contributed by atoms with Crippen LogP contribution in [-0.4, -0.2) is 31.9 Å². The van der Waals surface area contributed by atoms with E-state index in [0.29, 0.717) is 29.9 Å². The number of aliphatic imine (C=N–C) groups is 1. The molecule has 0 saturated carbocycles. The van der Waals surface area contributed by atoms with Gasteiger partial charge in [0.05, 0.1) is 11.4 Å². The van der Waals surface area contributed by atoms with Gasteiger partial charge in [0.25, 0.3) is 5.56 Å². The van der Waals surface area contributed by atoms with Crippen LogP contribution in [0.15, 0.2) is 104 Å². The molecule has 0 spiro atoms. The van der Waals surface area contributed by atoms with Crippen molar-refractivity contribution in [3.63, 3.8) is 0 Å². The molecule has 8 heteroatoms. The van der Waals surface area contributed by atoms with Gasteiger partial charge in [-0.25, -0.2) is 9.36 Å². The van der Waals surface area contributed by atoms with Crippen molar-refractivity contribution in [2.45, 2.75) is 6.42 Å². The molecule has 0 aliphatic heterocycles. The summed E-state index contributed by atoms with van der Waals surface area (Å²) in [5, 5.41) is 12.3. The molecule has 0 atom stereocenters. The molecule has 5 aromatic rings. The van der Waals surface area contributed by atoms with Gasteiger partial charge in [0.2, 0.25) is 5.88 Å². The smallest absolute Gasteiger partial charge is 0.335 e. The van der Waals surface area contributed by atoms with Crippen LogP contribution in [0.3, 0.4) is 0 Å². The van der Waals surface area contributed by atoms with E-state index in [9.17, 15) is 14.7 Å². The SMILES string of the molecule is O=c1[nH]c(=O)n(-c2ccc(Br)cc2)c(O)c1C(=NCCc1c[nH]c2ccccc12)c1ccccc1. The molecule has 0 radical (unpaired) electrons. The Hall–Kier alpha value is -4.17. The highest BCUT2D eigenvalue weighted by Gasteiger charge is 2.21. The summed E-state index contributed by atoms with van der Waals surface area (Å²) < 4.78 is 1.89.